The van der Waals surface area contributed by atoms with Crippen molar-refractivity contribution in [3.05, 3.63) is 48.4 Å². The molecule has 1 N–H and O–H groups in total. The van der Waals surface area contributed by atoms with Gasteiger partial charge in [-0.2, -0.15) is 0 Å². The van der Waals surface area contributed by atoms with Gasteiger partial charge < -0.3 is 5.32 Å². The van der Waals surface area contributed by atoms with E-state index in [0.29, 0.717) is 5.92 Å². The Kier molecular flexibility index (Phi) is 3.56. The van der Waals surface area contributed by atoms with Crippen molar-refractivity contribution in [1.29, 1.82) is 0 Å². The number of nitrogens with one attached hydrogen (secondary N) is 1. The van der Waals surface area contributed by atoms with Crippen molar-refractivity contribution in [1.82, 2.24) is 5.32 Å². The predicted molar refractivity (Wildman–Crippen MR) is 58.1 cm³/mol. The van der Waals surface area contributed by atoms with Gasteiger partial charge in [-0.15, -0.1) is 0 Å². The maximum atomic E-state index is 3.92. The van der Waals surface area contributed by atoms with Crippen LogP contribution in [0.3, 0.4) is 0 Å². The summed E-state index contributed by atoms with van der Waals surface area (Å²) in [6, 6.07) is 0. The first-order chi connectivity index (χ1) is 6.20. The highest BCUT2D eigenvalue weighted by Gasteiger charge is 2.02. The predicted octanol–water partition coefficient (Wildman–Crippen LogP) is 3.15. The zero-order valence-electron chi connectivity index (χ0n) is 8.38. The van der Waals surface area contributed by atoms with E-state index in [1.807, 2.05) is 18.2 Å². The lowest BCUT2D eigenvalue weighted by Gasteiger charge is -2.13. The Labute approximate surface area is 80.5 Å². The first-order valence-corrected chi connectivity index (χ1v) is 4.69. The van der Waals surface area contributed by atoms with E-state index in [0.717, 1.165) is 12.1 Å². The van der Waals surface area contributed by atoms with E-state index in [-0.39, 0.29) is 0 Å². The number of rotatable bonds is 1. The molecule has 0 amide bonds. The molecular formula is C12H17N. The van der Waals surface area contributed by atoms with Crippen LogP contribution in [-0.4, -0.2) is 0 Å². The Hall–Kier alpha value is -1.24. The third-order valence-corrected chi connectivity index (χ3v) is 1.95. The molecule has 1 aliphatic rings. The van der Waals surface area contributed by atoms with Gasteiger partial charge in [-0.1, -0.05) is 44.7 Å². The van der Waals surface area contributed by atoms with Gasteiger partial charge in [-0.25, -0.2) is 0 Å². The molecule has 0 aliphatic carbocycles. The summed E-state index contributed by atoms with van der Waals surface area (Å²) in [7, 11) is 0. The molecule has 0 spiro atoms. The van der Waals surface area contributed by atoms with Gasteiger partial charge in [0.2, 0.25) is 0 Å². The maximum absolute atomic E-state index is 3.92. The van der Waals surface area contributed by atoms with Crippen molar-refractivity contribution in [2.75, 3.05) is 0 Å². The second kappa shape index (κ2) is 4.70. The van der Waals surface area contributed by atoms with Crippen LogP contribution in [0, 0.1) is 5.92 Å². The minimum Gasteiger partial charge on any atom is -0.359 e. The van der Waals surface area contributed by atoms with Crippen LogP contribution in [0.2, 0.25) is 0 Å². The summed E-state index contributed by atoms with van der Waals surface area (Å²) in [5.41, 5.74) is 2.20. The molecule has 0 unspecified atom stereocenters. The minimum atomic E-state index is 0.525. The van der Waals surface area contributed by atoms with Crippen LogP contribution < -0.4 is 5.32 Å². The van der Waals surface area contributed by atoms with Crippen LogP contribution in [0.25, 0.3) is 0 Å². The highest BCUT2D eigenvalue weighted by molar-refractivity contribution is 5.24. The normalized spacial score (nSPS) is 26.4. The average Bonchev–Trinajstić information content (AvgIpc) is 2.16. The zero-order chi connectivity index (χ0) is 9.68. The molecule has 0 radical (unpaired) electrons. The zero-order valence-corrected chi connectivity index (χ0v) is 8.38. The van der Waals surface area contributed by atoms with E-state index >= 15 is 0 Å². The molecular weight excluding hydrogens is 158 g/mol. The van der Waals surface area contributed by atoms with Gasteiger partial charge >= 0.3 is 0 Å². The van der Waals surface area contributed by atoms with Crippen LogP contribution in [-0.2, 0) is 0 Å². The van der Waals surface area contributed by atoms with Crippen LogP contribution in [0.15, 0.2) is 48.4 Å². The standard InChI is InChI=1S/C12H17N/c1-10(2)12-9-7-5-4-6-8-11(3)13-12/h4-6,8-10,13H,3,7H2,1-2H3/b5-4-,8-6-,12-9-. The van der Waals surface area contributed by atoms with Crippen molar-refractivity contribution >= 4 is 0 Å². The monoisotopic (exact) mass is 175 g/mol. The van der Waals surface area contributed by atoms with Crippen LogP contribution in [0.5, 0.6) is 0 Å². The number of allylic oxidation sites excluding steroid dienone is 6. The van der Waals surface area contributed by atoms with Crippen molar-refractivity contribution in [3.8, 4) is 0 Å². The van der Waals surface area contributed by atoms with Gasteiger partial charge in [0, 0.05) is 11.4 Å². The molecule has 0 saturated heterocycles. The molecule has 0 fully saturated rings. The number of hydrogen-bond acceptors (Lipinski definition) is 1. The topological polar surface area (TPSA) is 12.0 Å². The van der Waals surface area contributed by atoms with E-state index in [1.54, 1.807) is 0 Å². The Morgan fingerprint density at radius 1 is 1.38 bits per heavy atom. The molecule has 13 heavy (non-hydrogen) atoms. The Bertz CT molecular complexity index is 267. The molecule has 0 bridgehead atoms. The summed E-state index contributed by atoms with van der Waals surface area (Å²) in [6.45, 7) is 8.27. The molecule has 0 aromatic carbocycles. The summed E-state index contributed by atoms with van der Waals surface area (Å²) >= 11 is 0. The molecule has 1 nitrogen and oxygen atoms in total. The largest absolute Gasteiger partial charge is 0.359 e. The van der Waals surface area contributed by atoms with Crippen molar-refractivity contribution in [2.24, 2.45) is 5.92 Å². The Morgan fingerprint density at radius 2 is 2.15 bits per heavy atom. The third-order valence-electron chi connectivity index (χ3n) is 1.95. The Morgan fingerprint density at radius 3 is 2.85 bits per heavy atom. The second-order valence-electron chi connectivity index (χ2n) is 3.49. The van der Waals surface area contributed by atoms with Crippen molar-refractivity contribution < 1.29 is 0 Å². The first kappa shape index (κ1) is 9.85. The smallest absolute Gasteiger partial charge is 0.0308 e. The summed E-state index contributed by atoms with van der Waals surface area (Å²) < 4.78 is 0. The van der Waals surface area contributed by atoms with Gasteiger partial charge in [-0.05, 0) is 18.4 Å². The van der Waals surface area contributed by atoms with E-state index in [2.05, 4.69) is 37.9 Å². The lowest BCUT2D eigenvalue weighted by molar-refractivity contribution is 0.701. The summed E-state index contributed by atoms with van der Waals surface area (Å²) in [5.74, 6) is 0.525. The number of hydrogen-bond donors (Lipinski definition) is 1. The second-order valence-corrected chi connectivity index (χ2v) is 3.49. The molecule has 1 rings (SSSR count). The molecule has 0 aromatic heterocycles. The van der Waals surface area contributed by atoms with E-state index < -0.39 is 0 Å². The molecule has 1 heteroatoms. The van der Waals surface area contributed by atoms with E-state index in [4.69, 9.17) is 0 Å². The molecule has 0 aromatic rings. The quantitative estimate of drug-likeness (QED) is 0.645. The van der Waals surface area contributed by atoms with Crippen molar-refractivity contribution in [3.63, 3.8) is 0 Å². The van der Waals surface area contributed by atoms with Crippen molar-refractivity contribution in [2.45, 2.75) is 20.3 Å². The molecule has 70 valence electrons. The SMILES string of the molecule is C=C1/C=C\C=C/C/C=C(/C(C)C)N1. The van der Waals surface area contributed by atoms with E-state index in [9.17, 15) is 0 Å². The first-order valence-electron chi connectivity index (χ1n) is 4.69. The Balaban J connectivity index is 2.79. The highest BCUT2D eigenvalue weighted by Crippen LogP contribution is 2.10. The summed E-state index contributed by atoms with van der Waals surface area (Å²) in [5, 5.41) is 3.30. The summed E-state index contributed by atoms with van der Waals surface area (Å²) in [6.07, 6.45) is 11.4. The molecule has 0 saturated carbocycles. The third kappa shape index (κ3) is 3.32. The fourth-order valence-corrected chi connectivity index (χ4v) is 1.18. The highest BCUT2D eigenvalue weighted by atomic mass is 14.9. The van der Waals surface area contributed by atoms with Gasteiger partial charge in [0.25, 0.3) is 0 Å². The average molecular weight is 175 g/mol. The van der Waals surface area contributed by atoms with Crippen LogP contribution in [0.1, 0.15) is 20.3 Å². The van der Waals surface area contributed by atoms with Gasteiger partial charge in [0.05, 0.1) is 0 Å². The van der Waals surface area contributed by atoms with Gasteiger partial charge in [-0.3, -0.25) is 0 Å². The molecule has 0 atom stereocenters. The lowest BCUT2D eigenvalue weighted by Crippen LogP contribution is -2.14. The van der Waals surface area contributed by atoms with Crippen LogP contribution in [0.4, 0.5) is 0 Å². The molecule has 1 heterocycles. The fraction of sp³-hybridized carbons (Fsp3) is 0.333. The minimum absolute atomic E-state index is 0.525. The van der Waals surface area contributed by atoms with E-state index in [1.165, 1.54) is 5.70 Å². The van der Waals surface area contributed by atoms with Gasteiger partial charge in [0.15, 0.2) is 0 Å². The lowest BCUT2D eigenvalue weighted by atomic mass is 10.1. The maximum Gasteiger partial charge on any atom is 0.0308 e. The fourth-order valence-electron chi connectivity index (χ4n) is 1.18. The van der Waals surface area contributed by atoms with Gasteiger partial charge in [0.1, 0.15) is 0 Å². The summed E-state index contributed by atoms with van der Waals surface area (Å²) in [4.78, 5) is 0. The molecule has 1 aliphatic heterocycles. The van der Waals surface area contributed by atoms with Crippen LogP contribution >= 0.6 is 0 Å².